The molecule has 2 aromatic rings. The topological polar surface area (TPSA) is 80.2 Å². The van der Waals surface area contributed by atoms with E-state index in [-0.39, 0.29) is 5.91 Å². The Morgan fingerprint density at radius 3 is 2.96 bits per heavy atom. The van der Waals surface area contributed by atoms with Crippen LogP contribution < -0.4 is 10.2 Å². The van der Waals surface area contributed by atoms with Gasteiger partial charge < -0.3 is 9.64 Å². The van der Waals surface area contributed by atoms with Gasteiger partial charge in [0.05, 0.1) is 18.8 Å². The number of anilines is 2. The van der Waals surface area contributed by atoms with E-state index < -0.39 is 0 Å². The summed E-state index contributed by atoms with van der Waals surface area (Å²) in [5.74, 6) is 0.836. The maximum Gasteiger partial charge on any atom is 0.261 e. The molecule has 8 heteroatoms. The minimum atomic E-state index is -0.208. The summed E-state index contributed by atoms with van der Waals surface area (Å²) in [7, 11) is 0. The monoisotopic (exact) mass is 361 g/mol. The van der Waals surface area contributed by atoms with Crippen LogP contribution in [0.5, 0.6) is 0 Å². The molecule has 3 rings (SSSR count). The first-order valence-electron chi connectivity index (χ1n) is 8.61. The van der Waals surface area contributed by atoms with Gasteiger partial charge in [0.2, 0.25) is 5.13 Å². The SMILES string of the molecule is CCCC(C)c1nnc(NC(=O)c2cccnc2N2CCOCC2)s1. The summed E-state index contributed by atoms with van der Waals surface area (Å²) in [6.45, 7) is 7.03. The van der Waals surface area contributed by atoms with Crippen molar-refractivity contribution in [2.24, 2.45) is 0 Å². The highest BCUT2D eigenvalue weighted by molar-refractivity contribution is 7.15. The van der Waals surface area contributed by atoms with Crippen molar-refractivity contribution in [3.05, 3.63) is 28.9 Å². The Morgan fingerprint density at radius 1 is 1.40 bits per heavy atom. The number of amides is 1. The van der Waals surface area contributed by atoms with Crippen molar-refractivity contribution >= 4 is 28.2 Å². The van der Waals surface area contributed by atoms with Crippen LogP contribution in [0.1, 0.15) is 48.0 Å². The van der Waals surface area contributed by atoms with E-state index in [9.17, 15) is 4.79 Å². The van der Waals surface area contributed by atoms with Crippen LogP contribution in [-0.4, -0.2) is 47.4 Å². The highest BCUT2D eigenvalue weighted by Gasteiger charge is 2.21. The third-order valence-corrected chi connectivity index (χ3v) is 5.22. The van der Waals surface area contributed by atoms with Gasteiger partial charge in [0.25, 0.3) is 5.91 Å². The van der Waals surface area contributed by atoms with Crippen molar-refractivity contribution < 1.29 is 9.53 Å². The molecule has 1 atom stereocenters. The third kappa shape index (κ3) is 4.32. The molecule has 0 saturated carbocycles. The molecule has 0 radical (unpaired) electrons. The van der Waals surface area contributed by atoms with Crippen LogP contribution in [0.15, 0.2) is 18.3 Å². The Bertz CT molecular complexity index is 715. The number of ether oxygens (including phenoxy) is 1. The number of aromatic nitrogens is 3. The van der Waals surface area contributed by atoms with E-state index in [1.807, 2.05) is 0 Å². The largest absolute Gasteiger partial charge is 0.378 e. The fourth-order valence-electron chi connectivity index (χ4n) is 2.81. The van der Waals surface area contributed by atoms with E-state index in [2.05, 4.69) is 39.2 Å². The van der Waals surface area contributed by atoms with Gasteiger partial charge in [-0.2, -0.15) is 0 Å². The highest BCUT2D eigenvalue weighted by Crippen LogP contribution is 2.27. The van der Waals surface area contributed by atoms with E-state index in [0.717, 1.165) is 30.9 Å². The summed E-state index contributed by atoms with van der Waals surface area (Å²) in [5.41, 5.74) is 0.544. The van der Waals surface area contributed by atoms with E-state index in [0.29, 0.717) is 35.6 Å². The number of nitrogens with one attached hydrogen (secondary N) is 1. The number of nitrogens with zero attached hydrogens (tertiary/aromatic N) is 4. The number of hydrogen-bond acceptors (Lipinski definition) is 7. The van der Waals surface area contributed by atoms with Gasteiger partial charge in [-0.15, -0.1) is 10.2 Å². The zero-order valence-corrected chi connectivity index (χ0v) is 15.4. The van der Waals surface area contributed by atoms with Crippen molar-refractivity contribution in [3.63, 3.8) is 0 Å². The molecule has 134 valence electrons. The van der Waals surface area contributed by atoms with E-state index in [1.54, 1.807) is 18.3 Å². The lowest BCUT2D eigenvalue weighted by molar-refractivity contribution is 0.102. The maximum atomic E-state index is 12.7. The normalized spacial score (nSPS) is 15.8. The molecule has 0 spiro atoms. The van der Waals surface area contributed by atoms with Gasteiger partial charge in [-0.3, -0.25) is 10.1 Å². The molecule has 1 aliphatic heterocycles. The first-order chi connectivity index (χ1) is 12.2. The zero-order chi connectivity index (χ0) is 17.6. The van der Waals surface area contributed by atoms with Crippen LogP contribution in [0.3, 0.4) is 0 Å². The van der Waals surface area contributed by atoms with Gasteiger partial charge in [0.15, 0.2) is 0 Å². The number of hydrogen-bond donors (Lipinski definition) is 1. The quantitative estimate of drug-likeness (QED) is 0.852. The minimum absolute atomic E-state index is 0.208. The zero-order valence-electron chi connectivity index (χ0n) is 14.6. The summed E-state index contributed by atoms with van der Waals surface area (Å²) in [6.07, 6.45) is 3.87. The average Bonchev–Trinajstić information content (AvgIpc) is 3.11. The first-order valence-corrected chi connectivity index (χ1v) is 9.43. The molecular weight excluding hydrogens is 338 g/mol. The third-order valence-electron chi connectivity index (χ3n) is 4.15. The Balaban J connectivity index is 1.73. The van der Waals surface area contributed by atoms with E-state index in [4.69, 9.17) is 4.74 Å². The lowest BCUT2D eigenvalue weighted by Gasteiger charge is -2.28. The van der Waals surface area contributed by atoms with Crippen molar-refractivity contribution in [1.82, 2.24) is 15.2 Å². The molecule has 1 N–H and O–H groups in total. The van der Waals surface area contributed by atoms with Crippen LogP contribution in [0.2, 0.25) is 0 Å². The van der Waals surface area contributed by atoms with Gasteiger partial charge in [0, 0.05) is 25.2 Å². The van der Waals surface area contributed by atoms with Crippen molar-refractivity contribution in [1.29, 1.82) is 0 Å². The Kier molecular flexibility index (Phi) is 5.93. The van der Waals surface area contributed by atoms with Crippen LogP contribution in [-0.2, 0) is 4.74 Å². The van der Waals surface area contributed by atoms with E-state index >= 15 is 0 Å². The Hall–Kier alpha value is -2.06. The molecule has 1 aliphatic rings. The van der Waals surface area contributed by atoms with Gasteiger partial charge in [-0.05, 0) is 18.6 Å². The smallest absolute Gasteiger partial charge is 0.261 e. The number of pyridine rings is 1. The molecule has 1 amide bonds. The summed E-state index contributed by atoms with van der Waals surface area (Å²) >= 11 is 1.44. The van der Waals surface area contributed by atoms with Gasteiger partial charge in [0.1, 0.15) is 10.8 Å². The van der Waals surface area contributed by atoms with Crippen molar-refractivity contribution in [2.75, 3.05) is 36.5 Å². The lowest BCUT2D eigenvalue weighted by Crippen LogP contribution is -2.38. The molecule has 25 heavy (non-hydrogen) atoms. The minimum Gasteiger partial charge on any atom is -0.378 e. The number of rotatable bonds is 6. The second kappa shape index (κ2) is 8.35. The van der Waals surface area contributed by atoms with Gasteiger partial charge >= 0.3 is 0 Å². The summed E-state index contributed by atoms with van der Waals surface area (Å²) < 4.78 is 5.38. The van der Waals surface area contributed by atoms with E-state index in [1.165, 1.54) is 11.3 Å². The number of carbonyl (C=O) groups excluding carboxylic acids is 1. The predicted molar refractivity (Wildman–Crippen MR) is 98.5 cm³/mol. The van der Waals surface area contributed by atoms with Crippen LogP contribution in [0.4, 0.5) is 10.9 Å². The predicted octanol–water partition coefficient (Wildman–Crippen LogP) is 2.93. The molecule has 1 unspecified atom stereocenters. The molecular formula is C17H23N5O2S. The number of carbonyl (C=O) groups is 1. The molecule has 1 saturated heterocycles. The second-order valence-corrected chi connectivity index (χ2v) is 7.07. The van der Waals surface area contributed by atoms with Crippen LogP contribution >= 0.6 is 11.3 Å². The Labute approximate surface area is 151 Å². The average molecular weight is 361 g/mol. The van der Waals surface area contributed by atoms with Crippen LogP contribution in [0, 0.1) is 0 Å². The van der Waals surface area contributed by atoms with Gasteiger partial charge in [-0.1, -0.05) is 31.6 Å². The highest BCUT2D eigenvalue weighted by atomic mass is 32.1. The fourth-order valence-corrected chi connectivity index (χ4v) is 3.63. The molecule has 1 fully saturated rings. The lowest BCUT2D eigenvalue weighted by atomic mass is 10.1. The summed E-state index contributed by atoms with van der Waals surface area (Å²) in [4.78, 5) is 19.2. The standard InChI is InChI=1S/C17H23N5O2S/c1-3-5-12(2)16-20-21-17(25-16)19-15(23)13-6-4-7-18-14(13)22-8-10-24-11-9-22/h4,6-7,12H,3,5,8-11H2,1-2H3,(H,19,21,23). The molecule has 2 aromatic heterocycles. The number of morpholine rings is 1. The summed E-state index contributed by atoms with van der Waals surface area (Å²) in [5, 5.41) is 12.7. The van der Waals surface area contributed by atoms with Crippen molar-refractivity contribution in [2.45, 2.75) is 32.6 Å². The second-order valence-electron chi connectivity index (χ2n) is 6.06. The molecule has 0 bridgehead atoms. The van der Waals surface area contributed by atoms with Gasteiger partial charge in [-0.25, -0.2) is 4.98 Å². The molecule has 0 aromatic carbocycles. The first kappa shape index (κ1) is 17.8. The fraction of sp³-hybridized carbons (Fsp3) is 0.529. The van der Waals surface area contributed by atoms with Crippen molar-refractivity contribution in [3.8, 4) is 0 Å². The molecule has 7 nitrogen and oxygen atoms in total. The summed E-state index contributed by atoms with van der Waals surface area (Å²) in [6, 6.07) is 3.56. The molecule has 0 aliphatic carbocycles. The molecule has 3 heterocycles. The van der Waals surface area contributed by atoms with Crippen LogP contribution in [0.25, 0.3) is 0 Å². The Morgan fingerprint density at radius 2 is 2.20 bits per heavy atom. The maximum absolute atomic E-state index is 12.7.